The van der Waals surface area contributed by atoms with E-state index >= 15 is 4.39 Å². The van der Waals surface area contributed by atoms with Crippen LogP contribution in [0.5, 0.6) is 0 Å². The van der Waals surface area contributed by atoms with Crippen LogP contribution in [0.3, 0.4) is 0 Å². The fourth-order valence-corrected chi connectivity index (χ4v) is 13.3. The van der Waals surface area contributed by atoms with Crippen LogP contribution in [0.1, 0.15) is 124 Å². The van der Waals surface area contributed by atoms with Crippen molar-refractivity contribution in [3.8, 4) is 0 Å². The Bertz CT molecular complexity index is 2630. The van der Waals surface area contributed by atoms with Crippen molar-refractivity contribution in [1.82, 2.24) is 24.3 Å². The average Bonchev–Trinajstić information content (AvgIpc) is 3.70. The van der Waals surface area contributed by atoms with Gasteiger partial charge in [-0.1, -0.05) is 67.6 Å². The summed E-state index contributed by atoms with van der Waals surface area (Å²) in [5, 5.41) is 5.60. The highest BCUT2D eigenvalue weighted by atomic mass is 35.5. The van der Waals surface area contributed by atoms with Crippen molar-refractivity contribution in [3.63, 3.8) is 0 Å². The minimum Gasteiger partial charge on any atom is -0.388 e. The number of carbonyl (C=O) groups excluding carboxylic acids is 5. The molecule has 2 aliphatic carbocycles. The quantitative estimate of drug-likeness (QED) is 0.126. The number of benzene rings is 3. The highest BCUT2D eigenvalue weighted by Crippen LogP contribution is 2.64. The third-order valence-corrected chi connectivity index (χ3v) is 16.3. The van der Waals surface area contributed by atoms with Gasteiger partial charge in [-0.05, 0) is 111 Å². The van der Waals surface area contributed by atoms with Gasteiger partial charge in [0.2, 0.25) is 23.6 Å². The molecule has 4 amide bonds. The summed E-state index contributed by atoms with van der Waals surface area (Å²) in [6.07, 6.45) is 9.23. The number of primary amides is 1. The number of piperidine rings is 2. The number of amides is 4. The van der Waals surface area contributed by atoms with Gasteiger partial charge in [-0.15, -0.1) is 0 Å². The Morgan fingerprint density at radius 3 is 2.38 bits per heavy atom. The van der Waals surface area contributed by atoms with Crippen molar-refractivity contribution in [2.24, 2.45) is 18.7 Å². The lowest BCUT2D eigenvalue weighted by atomic mass is 9.55. The van der Waals surface area contributed by atoms with E-state index in [1.165, 1.54) is 10.6 Å². The lowest BCUT2D eigenvalue weighted by molar-refractivity contribution is -0.140. The fourth-order valence-electron chi connectivity index (χ4n) is 13.1. The zero-order valence-electron chi connectivity index (χ0n) is 37.4. The molecule has 3 aliphatic heterocycles. The Balaban J connectivity index is 1.01. The molecule has 5 fully saturated rings. The number of halogens is 2. The second kappa shape index (κ2) is 17.5. The van der Waals surface area contributed by atoms with Gasteiger partial charge in [0, 0.05) is 62.7 Å². The lowest BCUT2D eigenvalue weighted by Crippen LogP contribution is -2.63. The number of anilines is 1. The van der Waals surface area contributed by atoms with Crippen LogP contribution in [0.25, 0.3) is 11.0 Å². The standard InChI is InChI=1S/C50H59ClFN7O6/c1-29-13-15-35(37(25-29)54-2)50(28-60)42(34-11-8-12-36(51)43(34)52)44(45(53)62)59(49(50)21-5-4-6-22-49)33-10-7-9-32(26-33)47(64)57-23-19-30(20-24-57)31-14-16-38-40(27-31)56(3)48(65)58(38)39-17-18-41(61)55-46(39)63/h8,11-16,25,27-28,30,32-33,39,42,44,54H,4-7,9-10,17-24,26H2,1-3H3,(H2,53,62)(H,55,61,63)/t32-,33?,39?,42-,44+,50+/m0/s1. The zero-order valence-corrected chi connectivity index (χ0v) is 38.2. The third kappa shape index (κ3) is 7.21. The van der Waals surface area contributed by atoms with Crippen LogP contribution in [0, 0.1) is 18.7 Å². The van der Waals surface area contributed by atoms with Crippen LogP contribution in [-0.2, 0) is 36.4 Å². The minimum absolute atomic E-state index is 0.0786. The molecule has 3 saturated heterocycles. The number of aldehydes is 1. The SMILES string of the molecule is CNc1cc(C)ccc1[C@]1(C=O)[C@@H](c2cccc(Cl)c2F)[C@H](C(N)=O)N(C2CCC[C@H](C(=O)N3CCC(c4ccc5c(c4)n(C)c(=O)n5C4CCC(=O)NC4=O)CC3)C2)C12CCCCC2. The Morgan fingerprint density at radius 2 is 1.69 bits per heavy atom. The number of nitrogens with one attached hydrogen (secondary N) is 2. The number of fused-ring (bicyclic) bond motifs is 1. The number of imide groups is 1. The van der Waals surface area contributed by atoms with E-state index < -0.39 is 46.6 Å². The minimum atomic E-state index is -1.41. The van der Waals surface area contributed by atoms with E-state index in [9.17, 15) is 28.8 Å². The lowest BCUT2D eigenvalue weighted by Gasteiger charge is -2.54. The molecule has 4 aromatic rings. The number of imidazole rings is 1. The molecule has 9 rings (SSSR count). The summed E-state index contributed by atoms with van der Waals surface area (Å²) >= 11 is 6.50. The molecule has 4 heterocycles. The van der Waals surface area contributed by atoms with E-state index in [2.05, 4.69) is 15.5 Å². The van der Waals surface area contributed by atoms with Crippen molar-refractivity contribution in [3.05, 3.63) is 98.2 Å². The molecule has 4 N–H and O–H groups in total. The summed E-state index contributed by atoms with van der Waals surface area (Å²) in [7, 11) is 3.50. The fraction of sp³-hybridized carbons (Fsp3) is 0.520. The monoisotopic (exact) mass is 907 g/mol. The van der Waals surface area contributed by atoms with Crippen molar-refractivity contribution in [1.29, 1.82) is 0 Å². The number of rotatable bonds is 9. The molecule has 6 atom stereocenters. The van der Waals surface area contributed by atoms with Gasteiger partial charge in [-0.25, -0.2) is 9.18 Å². The van der Waals surface area contributed by atoms with E-state index in [-0.39, 0.29) is 58.8 Å². The highest BCUT2D eigenvalue weighted by molar-refractivity contribution is 6.30. The number of hydrogen-bond donors (Lipinski definition) is 3. The maximum absolute atomic E-state index is 16.6. The first-order valence-electron chi connectivity index (χ1n) is 23.4. The van der Waals surface area contributed by atoms with E-state index in [4.69, 9.17) is 17.3 Å². The molecule has 5 aliphatic rings. The Morgan fingerprint density at radius 1 is 0.938 bits per heavy atom. The molecular weight excluding hydrogens is 849 g/mol. The highest BCUT2D eigenvalue weighted by Gasteiger charge is 2.72. The van der Waals surface area contributed by atoms with Gasteiger partial charge in [0.1, 0.15) is 18.1 Å². The molecular formula is C50H59ClFN7O6. The van der Waals surface area contributed by atoms with Gasteiger partial charge >= 0.3 is 5.69 Å². The van der Waals surface area contributed by atoms with Gasteiger partial charge in [0.15, 0.2) is 0 Å². The number of aromatic nitrogens is 2. The van der Waals surface area contributed by atoms with Crippen molar-refractivity contribution >= 4 is 58.2 Å². The maximum atomic E-state index is 16.6. The predicted molar refractivity (Wildman–Crippen MR) is 246 cm³/mol. The number of aryl methyl sites for hydroxylation is 2. The van der Waals surface area contributed by atoms with E-state index in [1.54, 1.807) is 23.7 Å². The number of nitrogens with two attached hydrogens (primary N) is 1. The second-order valence-electron chi connectivity index (χ2n) is 19.3. The first-order chi connectivity index (χ1) is 31.3. The molecule has 344 valence electrons. The summed E-state index contributed by atoms with van der Waals surface area (Å²) in [6.45, 7) is 3.09. The van der Waals surface area contributed by atoms with E-state index in [1.807, 2.05) is 55.3 Å². The average molecular weight is 909 g/mol. The molecule has 0 radical (unpaired) electrons. The van der Waals surface area contributed by atoms with Crippen LogP contribution < -0.4 is 22.1 Å². The zero-order chi connectivity index (χ0) is 45.9. The second-order valence-corrected chi connectivity index (χ2v) is 19.7. The van der Waals surface area contributed by atoms with Crippen molar-refractivity contribution in [2.45, 2.75) is 131 Å². The number of carbonyl (C=O) groups is 5. The van der Waals surface area contributed by atoms with E-state index in [0.29, 0.717) is 61.8 Å². The summed E-state index contributed by atoms with van der Waals surface area (Å²) in [6, 6.07) is 14.5. The van der Waals surface area contributed by atoms with Crippen molar-refractivity contribution < 1.29 is 28.4 Å². The number of likely N-dealkylation sites (tertiary alicyclic amines) is 2. The summed E-state index contributed by atoms with van der Waals surface area (Å²) in [4.78, 5) is 85.7. The maximum Gasteiger partial charge on any atom is 0.329 e. The summed E-state index contributed by atoms with van der Waals surface area (Å²) in [5.41, 5.74) is 8.87. The molecule has 1 spiro atoms. The van der Waals surface area contributed by atoms with Gasteiger partial charge in [0.25, 0.3) is 0 Å². The summed E-state index contributed by atoms with van der Waals surface area (Å²) < 4.78 is 19.7. The Kier molecular flexibility index (Phi) is 12.1. The molecule has 15 heteroatoms. The topological polar surface area (TPSA) is 169 Å². The third-order valence-electron chi connectivity index (χ3n) is 16.0. The van der Waals surface area contributed by atoms with Crippen LogP contribution in [0.2, 0.25) is 5.02 Å². The van der Waals surface area contributed by atoms with Crippen molar-refractivity contribution in [2.75, 3.05) is 25.5 Å². The first kappa shape index (κ1) is 44.8. The molecule has 1 aromatic heterocycles. The molecule has 13 nitrogen and oxygen atoms in total. The normalized spacial score (nSPS) is 27.5. The van der Waals surface area contributed by atoms with Gasteiger partial charge in [-0.3, -0.25) is 38.5 Å². The van der Waals surface area contributed by atoms with Crippen LogP contribution >= 0.6 is 11.6 Å². The largest absolute Gasteiger partial charge is 0.388 e. The van der Waals surface area contributed by atoms with Gasteiger partial charge < -0.3 is 20.7 Å². The van der Waals surface area contributed by atoms with E-state index in [0.717, 1.165) is 61.6 Å². The number of hydrogen-bond acceptors (Lipinski definition) is 8. The van der Waals surface area contributed by atoms with Crippen LogP contribution in [0.15, 0.2) is 59.4 Å². The van der Waals surface area contributed by atoms with Crippen LogP contribution in [-0.4, -0.2) is 86.6 Å². The van der Waals surface area contributed by atoms with Crippen LogP contribution in [0.4, 0.5) is 10.1 Å². The Labute approximate surface area is 383 Å². The predicted octanol–water partition coefficient (Wildman–Crippen LogP) is 6.52. The van der Waals surface area contributed by atoms with Gasteiger partial charge in [0.05, 0.1) is 27.5 Å². The molecule has 2 saturated carbocycles. The molecule has 65 heavy (non-hydrogen) atoms. The summed E-state index contributed by atoms with van der Waals surface area (Å²) in [5.74, 6) is -3.22. The molecule has 2 unspecified atom stereocenters. The first-order valence-corrected chi connectivity index (χ1v) is 23.7. The van der Waals surface area contributed by atoms with Gasteiger partial charge in [-0.2, -0.15) is 0 Å². The Hall–Kier alpha value is -5.34. The molecule has 0 bridgehead atoms. The molecule has 3 aromatic carbocycles. The number of nitrogens with zero attached hydrogens (tertiary/aromatic N) is 4. The smallest absolute Gasteiger partial charge is 0.329 e.